The molecule has 2 N–H and O–H groups in total. The number of nitrogens with two attached hydrogens (primary N) is 1. The largest absolute Gasteiger partial charge is 0.398 e. The summed E-state index contributed by atoms with van der Waals surface area (Å²) in [6, 6.07) is 4.51. The molecule has 0 amide bonds. The SMILES string of the molecule is Cc1cc(C)c(N)c(C2CCCCCCC2)c1. The minimum absolute atomic E-state index is 0.703. The van der Waals surface area contributed by atoms with Gasteiger partial charge in [-0.2, -0.15) is 0 Å². The van der Waals surface area contributed by atoms with Gasteiger partial charge in [-0.3, -0.25) is 0 Å². The Hall–Kier alpha value is -0.980. The first-order valence-electron chi connectivity index (χ1n) is 7.05. The lowest BCUT2D eigenvalue weighted by Crippen LogP contribution is -2.07. The molecule has 0 bridgehead atoms. The van der Waals surface area contributed by atoms with E-state index in [1.165, 1.54) is 61.6 Å². The van der Waals surface area contributed by atoms with E-state index in [1.54, 1.807) is 0 Å². The van der Waals surface area contributed by atoms with E-state index in [4.69, 9.17) is 5.73 Å². The van der Waals surface area contributed by atoms with Gasteiger partial charge >= 0.3 is 0 Å². The highest BCUT2D eigenvalue weighted by Gasteiger charge is 2.17. The first-order valence-corrected chi connectivity index (χ1v) is 7.05. The summed E-state index contributed by atoms with van der Waals surface area (Å²) < 4.78 is 0. The van der Waals surface area contributed by atoms with Crippen molar-refractivity contribution >= 4 is 5.69 Å². The molecule has 0 saturated heterocycles. The van der Waals surface area contributed by atoms with Crippen molar-refractivity contribution in [2.75, 3.05) is 5.73 Å². The van der Waals surface area contributed by atoms with E-state index in [9.17, 15) is 0 Å². The molecule has 0 unspecified atom stereocenters. The van der Waals surface area contributed by atoms with Crippen molar-refractivity contribution in [2.24, 2.45) is 0 Å². The van der Waals surface area contributed by atoms with Gasteiger partial charge in [0, 0.05) is 5.69 Å². The van der Waals surface area contributed by atoms with Gasteiger partial charge < -0.3 is 5.73 Å². The highest BCUT2D eigenvalue weighted by Crippen LogP contribution is 2.35. The fraction of sp³-hybridized carbons (Fsp3) is 0.625. The number of benzene rings is 1. The van der Waals surface area contributed by atoms with Crippen molar-refractivity contribution in [1.82, 2.24) is 0 Å². The molecule has 1 nitrogen and oxygen atoms in total. The molecule has 0 spiro atoms. The summed E-state index contributed by atoms with van der Waals surface area (Å²) in [5.41, 5.74) is 11.3. The van der Waals surface area contributed by atoms with Gasteiger partial charge in [-0.15, -0.1) is 0 Å². The molecule has 1 fully saturated rings. The topological polar surface area (TPSA) is 26.0 Å². The van der Waals surface area contributed by atoms with Crippen molar-refractivity contribution in [3.05, 3.63) is 28.8 Å². The lowest BCUT2D eigenvalue weighted by Gasteiger charge is -2.23. The third kappa shape index (κ3) is 3.02. The molecule has 1 heteroatoms. The molecule has 94 valence electrons. The maximum Gasteiger partial charge on any atom is 0.0379 e. The van der Waals surface area contributed by atoms with Crippen LogP contribution in [0, 0.1) is 13.8 Å². The molecule has 2 rings (SSSR count). The molecule has 1 aromatic rings. The minimum atomic E-state index is 0.703. The Balaban J connectivity index is 2.24. The van der Waals surface area contributed by atoms with Crippen molar-refractivity contribution < 1.29 is 0 Å². The third-order valence-corrected chi connectivity index (χ3v) is 4.11. The van der Waals surface area contributed by atoms with Gasteiger partial charge in [0.15, 0.2) is 0 Å². The van der Waals surface area contributed by atoms with Crippen LogP contribution in [0.3, 0.4) is 0 Å². The van der Waals surface area contributed by atoms with Crippen molar-refractivity contribution in [3.63, 3.8) is 0 Å². The second kappa shape index (κ2) is 5.57. The zero-order valence-electron chi connectivity index (χ0n) is 11.3. The second-order valence-electron chi connectivity index (χ2n) is 5.63. The van der Waals surface area contributed by atoms with Crippen LogP contribution in [-0.4, -0.2) is 0 Å². The Bertz CT molecular complexity index is 373. The van der Waals surface area contributed by atoms with E-state index >= 15 is 0 Å². The lowest BCUT2D eigenvalue weighted by atomic mass is 9.84. The van der Waals surface area contributed by atoms with Crippen LogP contribution < -0.4 is 5.73 Å². The van der Waals surface area contributed by atoms with Gasteiger partial charge in [0.1, 0.15) is 0 Å². The van der Waals surface area contributed by atoms with Crippen LogP contribution in [0.4, 0.5) is 5.69 Å². The lowest BCUT2D eigenvalue weighted by molar-refractivity contribution is 0.456. The van der Waals surface area contributed by atoms with Crippen LogP contribution in [0.25, 0.3) is 0 Å². The van der Waals surface area contributed by atoms with Gasteiger partial charge in [-0.05, 0) is 43.7 Å². The van der Waals surface area contributed by atoms with Crippen LogP contribution >= 0.6 is 0 Å². The fourth-order valence-electron chi connectivity index (χ4n) is 3.12. The molecule has 17 heavy (non-hydrogen) atoms. The van der Waals surface area contributed by atoms with Crippen LogP contribution in [0.2, 0.25) is 0 Å². The smallest absolute Gasteiger partial charge is 0.0379 e. The number of aryl methyl sites for hydroxylation is 2. The van der Waals surface area contributed by atoms with Crippen LogP contribution in [0.1, 0.15) is 67.6 Å². The Labute approximate surface area is 105 Å². The molecule has 0 aromatic heterocycles. The monoisotopic (exact) mass is 231 g/mol. The summed E-state index contributed by atoms with van der Waals surface area (Å²) in [6.07, 6.45) is 9.63. The fourth-order valence-corrected chi connectivity index (χ4v) is 3.12. The highest BCUT2D eigenvalue weighted by molar-refractivity contribution is 5.56. The molecule has 1 saturated carbocycles. The van der Waals surface area contributed by atoms with E-state index in [1.807, 2.05) is 0 Å². The van der Waals surface area contributed by atoms with E-state index in [-0.39, 0.29) is 0 Å². The Morgan fingerprint density at radius 1 is 0.941 bits per heavy atom. The second-order valence-corrected chi connectivity index (χ2v) is 5.63. The van der Waals surface area contributed by atoms with Crippen LogP contribution in [-0.2, 0) is 0 Å². The molecule has 1 aliphatic carbocycles. The van der Waals surface area contributed by atoms with Gasteiger partial charge in [-0.1, -0.05) is 49.8 Å². The number of hydrogen-bond acceptors (Lipinski definition) is 1. The highest BCUT2D eigenvalue weighted by atomic mass is 14.6. The average molecular weight is 231 g/mol. The summed E-state index contributed by atoms with van der Waals surface area (Å²) in [4.78, 5) is 0. The van der Waals surface area contributed by atoms with E-state index in [2.05, 4.69) is 26.0 Å². The summed E-state index contributed by atoms with van der Waals surface area (Å²) >= 11 is 0. The summed E-state index contributed by atoms with van der Waals surface area (Å²) in [6.45, 7) is 4.31. The van der Waals surface area contributed by atoms with Crippen molar-refractivity contribution in [1.29, 1.82) is 0 Å². The van der Waals surface area contributed by atoms with E-state index in [0.29, 0.717) is 5.92 Å². The third-order valence-electron chi connectivity index (χ3n) is 4.11. The standard InChI is InChI=1S/C16H25N/c1-12-10-13(2)16(17)15(11-12)14-8-6-4-3-5-7-9-14/h10-11,14H,3-9,17H2,1-2H3. The molecule has 0 heterocycles. The number of rotatable bonds is 1. The number of nitrogen functional groups attached to an aromatic ring is 1. The molecule has 0 radical (unpaired) electrons. The Morgan fingerprint density at radius 2 is 1.53 bits per heavy atom. The van der Waals surface area contributed by atoms with E-state index < -0.39 is 0 Å². The predicted molar refractivity (Wildman–Crippen MR) is 75.4 cm³/mol. The molecule has 0 atom stereocenters. The molecule has 1 aliphatic rings. The van der Waals surface area contributed by atoms with Crippen LogP contribution in [0.15, 0.2) is 12.1 Å². The zero-order valence-corrected chi connectivity index (χ0v) is 11.3. The summed E-state index contributed by atoms with van der Waals surface area (Å²) in [5.74, 6) is 0.703. The average Bonchev–Trinajstić information content (AvgIpc) is 2.23. The Morgan fingerprint density at radius 3 is 2.18 bits per heavy atom. The first-order chi connectivity index (χ1) is 8.18. The van der Waals surface area contributed by atoms with Crippen LogP contribution in [0.5, 0.6) is 0 Å². The molecule has 1 aromatic carbocycles. The normalized spacial score (nSPS) is 18.7. The van der Waals surface area contributed by atoms with Crippen molar-refractivity contribution in [3.8, 4) is 0 Å². The Kier molecular flexibility index (Phi) is 4.09. The predicted octanol–water partition coefficient (Wildman–Crippen LogP) is 4.71. The number of anilines is 1. The quantitative estimate of drug-likeness (QED) is 0.696. The summed E-state index contributed by atoms with van der Waals surface area (Å²) in [7, 11) is 0. The molecule has 0 aliphatic heterocycles. The van der Waals surface area contributed by atoms with Gasteiger partial charge in [-0.25, -0.2) is 0 Å². The molecular formula is C16H25N. The molecular weight excluding hydrogens is 206 g/mol. The van der Waals surface area contributed by atoms with Crippen molar-refractivity contribution in [2.45, 2.75) is 64.7 Å². The summed E-state index contributed by atoms with van der Waals surface area (Å²) in [5, 5.41) is 0. The maximum atomic E-state index is 6.27. The van der Waals surface area contributed by atoms with Gasteiger partial charge in [0.05, 0.1) is 0 Å². The van der Waals surface area contributed by atoms with Gasteiger partial charge in [0.2, 0.25) is 0 Å². The van der Waals surface area contributed by atoms with Gasteiger partial charge in [0.25, 0.3) is 0 Å². The minimum Gasteiger partial charge on any atom is -0.398 e. The number of hydrogen-bond donors (Lipinski definition) is 1. The van der Waals surface area contributed by atoms with E-state index in [0.717, 1.165) is 5.69 Å². The maximum absolute atomic E-state index is 6.27. The first kappa shape index (κ1) is 12.5. The zero-order chi connectivity index (χ0) is 12.3.